The van der Waals surface area contributed by atoms with Crippen molar-refractivity contribution >= 4 is 17.4 Å². The summed E-state index contributed by atoms with van der Waals surface area (Å²) in [5, 5.41) is 7.11. The molecular formula is C20H22N6O. The second-order valence-corrected chi connectivity index (χ2v) is 6.67. The van der Waals surface area contributed by atoms with Gasteiger partial charge in [-0.15, -0.1) is 0 Å². The van der Waals surface area contributed by atoms with Crippen molar-refractivity contribution in [2.75, 3.05) is 23.3 Å². The van der Waals surface area contributed by atoms with Crippen molar-refractivity contribution in [2.45, 2.75) is 25.8 Å². The Morgan fingerprint density at radius 3 is 2.63 bits per heavy atom. The Bertz CT molecular complexity index is 885. The molecule has 0 radical (unpaired) electrons. The van der Waals surface area contributed by atoms with E-state index in [0.29, 0.717) is 12.1 Å². The lowest BCUT2D eigenvalue weighted by Crippen LogP contribution is -2.31. The fraction of sp³-hybridized carbons (Fsp3) is 0.300. The molecule has 3 aromatic rings. The number of nitrogens with zero attached hydrogens (tertiary/aromatic N) is 5. The van der Waals surface area contributed by atoms with Gasteiger partial charge in [-0.3, -0.25) is 4.79 Å². The zero-order chi connectivity index (χ0) is 18.5. The number of rotatable bonds is 5. The highest BCUT2D eigenvalue weighted by Crippen LogP contribution is 2.26. The van der Waals surface area contributed by atoms with Crippen LogP contribution in [-0.4, -0.2) is 38.7 Å². The second-order valence-electron chi connectivity index (χ2n) is 6.67. The van der Waals surface area contributed by atoms with Gasteiger partial charge in [-0.25, -0.2) is 14.6 Å². The Balaban J connectivity index is 1.46. The summed E-state index contributed by atoms with van der Waals surface area (Å²) in [7, 11) is 0. The fourth-order valence-electron chi connectivity index (χ4n) is 3.31. The monoisotopic (exact) mass is 362 g/mol. The summed E-state index contributed by atoms with van der Waals surface area (Å²) in [5.41, 5.74) is 2.44. The van der Waals surface area contributed by atoms with Gasteiger partial charge in [0.1, 0.15) is 12.7 Å². The standard InChI is InChI=1S/C20H22N6O/c27-20(17-8-6-16(7-9-17)13-26-15-21-14-23-26)24-18-5-4-10-22-19(18)25-11-2-1-3-12-25/h4-10,14-15H,1-3,11-13H2,(H,24,27). The van der Waals surface area contributed by atoms with E-state index in [4.69, 9.17) is 0 Å². The van der Waals surface area contributed by atoms with Crippen LogP contribution < -0.4 is 10.2 Å². The van der Waals surface area contributed by atoms with E-state index < -0.39 is 0 Å². The summed E-state index contributed by atoms with van der Waals surface area (Å²) < 4.78 is 1.75. The van der Waals surface area contributed by atoms with Crippen molar-refractivity contribution in [2.24, 2.45) is 0 Å². The lowest BCUT2D eigenvalue weighted by molar-refractivity contribution is 0.102. The van der Waals surface area contributed by atoms with E-state index in [0.717, 1.165) is 43.0 Å². The molecule has 3 heterocycles. The molecule has 1 fully saturated rings. The molecule has 7 heteroatoms. The minimum atomic E-state index is -0.131. The average Bonchev–Trinajstić information content (AvgIpc) is 3.23. The highest BCUT2D eigenvalue weighted by Gasteiger charge is 2.17. The van der Waals surface area contributed by atoms with Crippen LogP contribution in [0.5, 0.6) is 0 Å². The van der Waals surface area contributed by atoms with Gasteiger partial charge in [0.15, 0.2) is 5.82 Å². The number of hydrogen-bond donors (Lipinski definition) is 1. The number of anilines is 2. The maximum atomic E-state index is 12.7. The van der Waals surface area contributed by atoms with E-state index in [2.05, 4.69) is 25.3 Å². The molecular weight excluding hydrogens is 340 g/mol. The van der Waals surface area contributed by atoms with Gasteiger partial charge >= 0.3 is 0 Å². The third-order valence-corrected chi connectivity index (χ3v) is 4.72. The van der Waals surface area contributed by atoms with Gasteiger partial charge in [-0.2, -0.15) is 5.10 Å². The highest BCUT2D eigenvalue weighted by molar-refractivity contribution is 6.05. The van der Waals surface area contributed by atoms with Gasteiger partial charge in [0, 0.05) is 24.8 Å². The van der Waals surface area contributed by atoms with Gasteiger partial charge in [0.25, 0.3) is 5.91 Å². The minimum Gasteiger partial charge on any atom is -0.355 e. The van der Waals surface area contributed by atoms with Crippen molar-refractivity contribution in [3.63, 3.8) is 0 Å². The van der Waals surface area contributed by atoms with E-state index in [-0.39, 0.29) is 5.91 Å². The number of aromatic nitrogens is 4. The van der Waals surface area contributed by atoms with Crippen LogP contribution in [-0.2, 0) is 6.54 Å². The van der Waals surface area contributed by atoms with Crippen LogP contribution in [0, 0.1) is 0 Å². The van der Waals surface area contributed by atoms with Crippen LogP contribution in [0.3, 0.4) is 0 Å². The largest absolute Gasteiger partial charge is 0.355 e. The quantitative estimate of drug-likeness (QED) is 0.755. The first kappa shape index (κ1) is 17.2. The first-order valence-corrected chi connectivity index (χ1v) is 9.22. The van der Waals surface area contributed by atoms with Crippen molar-refractivity contribution in [1.82, 2.24) is 19.7 Å². The van der Waals surface area contributed by atoms with Crippen LogP contribution in [0.25, 0.3) is 0 Å². The average molecular weight is 362 g/mol. The van der Waals surface area contributed by atoms with Crippen molar-refractivity contribution in [3.8, 4) is 0 Å². The van der Waals surface area contributed by atoms with E-state index in [9.17, 15) is 4.79 Å². The van der Waals surface area contributed by atoms with Crippen LogP contribution in [0.2, 0.25) is 0 Å². The lowest BCUT2D eigenvalue weighted by atomic mass is 10.1. The summed E-state index contributed by atoms with van der Waals surface area (Å²) in [5.74, 6) is 0.724. The molecule has 0 spiro atoms. The summed E-state index contributed by atoms with van der Waals surface area (Å²) in [6, 6.07) is 11.3. The third kappa shape index (κ3) is 4.13. The van der Waals surface area contributed by atoms with Gasteiger partial charge in [-0.1, -0.05) is 12.1 Å². The van der Waals surface area contributed by atoms with E-state index in [1.807, 2.05) is 36.4 Å². The normalized spacial score (nSPS) is 14.1. The Kier molecular flexibility index (Phi) is 5.09. The number of nitrogens with one attached hydrogen (secondary N) is 1. The Hall–Kier alpha value is -3.22. The molecule has 1 amide bonds. The van der Waals surface area contributed by atoms with Crippen LogP contribution in [0.4, 0.5) is 11.5 Å². The predicted molar refractivity (Wildman–Crippen MR) is 104 cm³/mol. The first-order valence-electron chi connectivity index (χ1n) is 9.22. The molecule has 7 nitrogen and oxygen atoms in total. The topological polar surface area (TPSA) is 75.9 Å². The van der Waals surface area contributed by atoms with Gasteiger partial charge in [0.05, 0.1) is 12.2 Å². The molecule has 1 aliphatic heterocycles. The molecule has 0 unspecified atom stereocenters. The van der Waals surface area contributed by atoms with Crippen molar-refractivity contribution in [1.29, 1.82) is 0 Å². The molecule has 138 valence electrons. The Labute approximate surface area is 158 Å². The molecule has 1 saturated heterocycles. The van der Waals surface area contributed by atoms with E-state index in [1.165, 1.54) is 12.7 Å². The van der Waals surface area contributed by atoms with Gasteiger partial charge < -0.3 is 10.2 Å². The zero-order valence-electron chi connectivity index (χ0n) is 15.1. The lowest BCUT2D eigenvalue weighted by Gasteiger charge is -2.29. The van der Waals surface area contributed by atoms with E-state index in [1.54, 1.807) is 17.2 Å². The number of carbonyl (C=O) groups excluding carboxylic acids is 1. The maximum Gasteiger partial charge on any atom is 0.255 e. The molecule has 0 atom stereocenters. The number of carbonyl (C=O) groups is 1. The number of benzene rings is 1. The molecule has 0 bridgehead atoms. The smallest absolute Gasteiger partial charge is 0.255 e. The number of pyridine rings is 1. The predicted octanol–water partition coefficient (Wildman–Crippen LogP) is 2.96. The molecule has 2 aromatic heterocycles. The molecule has 27 heavy (non-hydrogen) atoms. The Morgan fingerprint density at radius 2 is 1.89 bits per heavy atom. The van der Waals surface area contributed by atoms with Crippen LogP contribution in [0.15, 0.2) is 55.2 Å². The van der Waals surface area contributed by atoms with Gasteiger partial charge in [0.2, 0.25) is 0 Å². The third-order valence-electron chi connectivity index (χ3n) is 4.72. The van der Waals surface area contributed by atoms with Crippen LogP contribution in [0.1, 0.15) is 35.2 Å². The molecule has 0 saturated carbocycles. The Morgan fingerprint density at radius 1 is 1.07 bits per heavy atom. The fourth-order valence-corrected chi connectivity index (χ4v) is 3.31. The van der Waals surface area contributed by atoms with Crippen molar-refractivity contribution < 1.29 is 4.79 Å². The summed E-state index contributed by atoms with van der Waals surface area (Å²) in [6.07, 6.45) is 8.54. The number of piperidine rings is 1. The number of amides is 1. The SMILES string of the molecule is O=C(Nc1cccnc1N1CCCCC1)c1ccc(Cn2cncn2)cc1. The van der Waals surface area contributed by atoms with Gasteiger partial charge in [-0.05, 0) is 49.1 Å². The molecule has 1 aromatic carbocycles. The summed E-state index contributed by atoms with van der Waals surface area (Å²) in [4.78, 5) is 23.4. The van der Waals surface area contributed by atoms with Crippen LogP contribution >= 0.6 is 0 Å². The molecule has 1 aliphatic rings. The minimum absolute atomic E-state index is 0.131. The van der Waals surface area contributed by atoms with E-state index >= 15 is 0 Å². The second kappa shape index (κ2) is 7.99. The first-order chi connectivity index (χ1) is 13.3. The molecule has 4 rings (SSSR count). The summed E-state index contributed by atoms with van der Waals surface area (Å²) in [6.45, 7) is 2.59. The maximum absolute atomic E-state index is 12.7. The summed E-state index contributed by atoms with van der Waals surface area (Å²) >= 11 is 0. The molecule has 0 aliphatic carbocycles. The number of hydrogen-bond acceptors (Lipinski definition) is 5. The zero-order valence-corrected chi connectivity index (χ0v) is 15.1. The van der Waals surface area contributed by atoms with Crippen molar-refractivity contribution in [3.05, 3.63) is 66.4 Å². The molecule has 1 N–H and O–H groups in total. The highest BCUT2D eigenvalue weighted by atomic mass is 16.1.